The Labute approximate surface area is 122 Å². The maximum Gasteiger partial charge on any atom is 0.296 e. The first-order chi connectivity index (χ1) is 9.45. The average Bonchev–Trinajstić information content (AvgIpc) is 2.81. The van der Waals surface area contributed by atoms with Crippen molar-refractivity contribution in [3.05, 3.63) is 45.5 Å². The number of nitrogens with zero attached hydrogens (tertiary/aromatic N) is 2. The monoisotopic (exact) mass is 320 g/mol. The Hall–Kier alpha value is -1.53. The van der Waals surface area contributed by atoms with Crippen molar-refractivity contribution in [3.63, 3.8) is 0 Å². The summed E-state index contributed by atoms with van der Waals surface area (Å²) in [5, 5.41) is 4.43. The van der Waals surface area contributed by atoms with E-state index in [0.29, 0.717) is 16.5 Å². The van der Waals surface area contributed by atoms with Crippen LogP contribution in [0.3, 0.4) is 0 Å². The molecule has 1 heterocycles. The molecule has 0 amide bonds. The summed E-state index contributed by atoms with van der Waals surface area (Å²) in [7, 11) is 0. The highest BCUT2D eigenvalue weighted by atomic mass is 35.5. The van der Waals surface area contributed by atoms with E-state index in [1.807, 2.05) is 0 Å². The number of halogens is 4. The molecule has 0 saturated carbocycles. The lowest BCUT2D eigenvalue weighted by Crippen LogP contribution is -2.13. The van der Waals surface area contributed by atoms with Crippen molar-refractivity contribution in [2.24, 2.45) is 0 Å². The van der Waals surface area contributed by atoms with E-state index >= 15 is 0 Å². The van der Waals surface area contributed by atoms with Crippen LogP contribution in [0.1, 0.15) is 17.3 Å². The van der Waals surface area contributed by atoms with E-state index in [2.05, 4.69) is 10.1 Å². The number of benzene rings is 1. The number of hydrogen-bond acceptors (Lipinski definition) is 4. The van der Waals surface area contributed by atoms with Crippen LogP contribution < -0.4 is 0 Å². The first-order valence-electron chi connectivity index (χ1n) is 5.52. The number of hydrogen-bond donors (Lipinski definition) is 0. The Morgan fingerprint density at radius 2 is 2.05 bits per heavy atom. The second-order valence-corrected chi connectivity index (χ2v) is 4.79. The van der Waals surface area contributed by atoms with Crippen molar-refractivity contribution in [3.8, 4) is 0 Å². The molecule has 4 nitrogen and oxygen atoms in total. The minimum atomic E-state index is -3.04. The van der Waals surface area contributed by atoms with E-state index < -0.39 is 18.6 Å². The lowest BCUT2D eigenvalue weighted by atomic mass is 10.1. The number of alkyl halides is 2. The third kappa shape index (κ3) is 3.74. The molecule has 2 aromatic rings. The van der Waals surface area contributed by atoms with Crippen molar-refractivity contribution in [2.75, 3.05) is 0 Å². The Kier molecular flexibility index (Phi) is 4.67. The number of aromatic nitrogens is 2. The zero-order valence-electron chi connectivity index (χ0n) is 9.95. The summed E-state index contributed by atoms with van der Waals surface area (Å²) in [4.78, 5) is 14.7. The van der Waals surface area contributed by atoms with Gasteiger partial charge in [-0.2, -0.15) is 4.98 Å². The number of ketones is 1. The van der Waals surface area contributed by atoms with Crippen LogP contribution in [0.2, 0.25) is 10.0 Å². The molecule has 0 spiro atoms. The smallest absolute Gasteiger partial charge is 0.296 e. The van der Waals surface area contributed by atoms with Crippen molar-refractivity contribution >= 4 is 29.0 Å². The van der Waals surface area contributed by atoms with E-state index in [1.165, 1.54) is 0 Å². The zero-order chi connectivity index (χ0) is 14.7. The van der Waals surface area contributed by atoms with Gasteiger partial charge in [0.05, 0.1) is 16.5 Å². The molecule has 0 bridgehead atoms. The molecule has 1 aromatic heterocycles. The zero-order valence-corrected chi connectivity index (χ0v) is 11.5. The Bertz CT molecular complexity index is 632. The normalized spacial score (nSPS) is 11.1. The summed E-state index contributed by atoms with van der Waals surface area (Å²) in [5.41, 5.74) is 0.784. The van der Waals surface area contributed by atoms with Crippen LogP contribution in [0.15, 0.2) is 22.7 Å². The van der Waals surface area contributed by atoms with Crippen molar-refractivity contribution in [1.82, 2.24) is 10.1 Å². The molecule has 0 saturated heterocycles. The number of carbonyl (C=O) groups is 1. The van der Waals surface area contributed by atoms with Gasteiger partial charge >= 0.3 is 0 Å². The maximum atomic E-state index is 12.1. The quantitative estimate of drug-likeness (QED) is 0.847. The minimum Gasteiger partial charge on any atom is -0.339 e. The molecule has 1 aromatic carbocycles. The predicted octanol–water partition coefficient (Wildman–Crippen LogP) is 3.34. The van der Waals surface area contributed by atoms with Gasteiger partial charge in [-0.25, -0.2) is 8.78 Å². The van der Waals surface area contributed by atoms with Crippen LogP contribution >= 0.6 is 23.2 Å². The second-order valence-electron chi connectivity index (χ2n) is 3.97. The van der Waals surface area contributed by atoms with Gasteiger partial charge in [-0.3, -0.25) is 4.79 Å². The molecule has 0 aliphatic carbocycles. The van der Waals surface area contributed by atoms with Gasteiger partial charge in [-0.05, 0) is 17.7 Å². The van der Waals surface area contributed by atoms with Gasteiger partial charge in [0.25, 0.3) is 6.43 Å². The number of carbonyl (C=O) groups excluding carboxylic acids is 1. The fourth-order valence-corrected chi connectivity index (χ4v) is 1.81. The third-order valence-electron chi connectivity index (χ3n) is 2.43. The molecule has 106 valence electrons. The highest BCUT2D eigenvalue weighted by Gasteiger charge is 2.19. The standard InChI is InChI=1S/C12H8Cl2F2N2O2/c13-7-2-1-6(3-8(7)14)4-10-17-11(20-18-10)5-9(19)12(15)16/h1-3,12H,4-5H2. The van der Waals surface area contributed by atoms with Gasteiger partial charge < -0.3 is 4.52 Å². The highest BCUT2D eigenvalue weighted by molar-refractivity contribution is 6.42. The second kappa shape index (κ2) is 6.28. The van der Waals surface area contributed by atoms with Crippen molar-refractivity contribution < 1.29 is 18.1 Å². The molecule has 0 aliphatic rings. The van der Waals surface area contributed by atoms with Gasteiger partial charge in [-0.1, -0.05) is 34.4 Å². The van der Waals surface area contributed by atoms with E-state index in [-0.39, 0.29) is 11.7 Å². The van der Waals surface area contributed by atoms with Crippen LogP contribution in [0.25, 0.3) is 0 Å². The summed E-state index contributed by atoms with van der Waals surface area (Å²) in [5.74, 6) is -1.11. The molecule has 8 heteroatoms. The predicted molar refractivity (Wildman–Crippen MR) is 68.3 cm³/mol. The number of rotatable bonds is 5. The van der Waals surface area contributed by atoms with Crippen LogP contribution in [-0.4, -0.2) is 22.3 Å². The van der Waals surface area contributed by atoms with Crippen molar-refractivity contribution in [1.29, 1.82) is 0 Å². The Balaban J connectivity index is 2.05. The van der Waals surface area contributed by atoms with Crippen molar-refractivity contribution in [2.45, 2.75) is 19.3 Å². The molecule has 20 heavy (non-hydrogen) atoms. The third-order valence-corrected chi connectivity index (χ3v) is 3.16. The number of Topliss-reactive ketones (excluding diaryl/α,β-unsaturated/α-hetero) is 1. The van der Waals surface area contributed by atoms with Gasteiger partial charge in [0, 0.05) is 6.42 Å². The SMILES string of the molecule is O=C(Cc1nc(Cc2ccc(Cl)c(Cl)c2)no1)C(F)F. The fourth-order valence-electron chi connectivity index (χ4n) is 1.49. The summed E-state index contributed by atoms with van der Waals surface area (Å²) >= 11 is 11.6. The Morgan fingerprint density at radius 1 is 1.30 bits per heavy atom. The maximum absolute atomic E-state index is 12.1. The molecule has 0 atom stereocenters. The topological polar surface area (TPSA) is 56.0 Å². The minimum absolute atomic E-state index is 0.134. The van der Waals surface area contributed by atoms with Crippen LogP contribution in [-0.2, 0) is 17.6 Å². The lowest BCUT2D eigenvalue weighted by Gasteiger charge is -1.99. The molecule has 0 aliphatic heterocycles. The van der Waals surface area contributed by atoms with Crippen LogP contribution in [0.5, 0.6) is 0 Å². The summed E-state index contributed by atoms with van der Waals surface area (Å²) in [6.45, 7) is 0. The molecule has 0 radical (unpaired) electrons. The molecule has 0 fully saturated rings. The molecule has 2 rings (SSSR count). The molecule has 0 N–H and O–H groups in total. The first-order valence-corrected chi connectivity index (χ1v) is 6.27. The van der Waals surface area contributed by atoms with E-state index in [9.17, 15) is 13.6 Å². The lowest BCUT2D eigenvalue weighted by molar-refractivity contribution is -0.129. The largest absolute Gasteiger partial charge is 0.339 e. The summed E-state index contributed by atoms with van der Waals surface area (Å²) in [6, 6.07) is 5.00. The van der Waals surface area contributed by atoms with E-state index in [1.54, 1.807) is 18.2 Å². The summed E-state index contributed by atoms with van der Waals surface area (Å²) in [6.07, 6.45) is -3.32. The van der Waals surface area contributed by atoms with Gasteiger partial charge in [-0.15, -0.1) is 0 Å². The van der Waals surface area contributed by atoms with E-state index in [0.717, 1.165) is 5.56 Å². The molecular weight excluding hydrogens is 313 g/mol. The molecule has 0 unspecified atom stereocenters. The summed E-state index contributed by atoms with van der Waals surface area (Å²) < 4.78 is 28.9. The average molecular weight is 321 g/mol. The highest BCUT2D eigenvalue weighted by Crippen LogP contribution is 2.23. The first kappa shape index (κ1) is 14.9. The fraction of sp³-hybridized carbons (Fsp3) is 0.250. The Morgan fingerprint density at radius 3 is 2.70 bits per heavy atom. The molecular formula is C12H8Cl2F2N2O2. The van der Waals surface area contributed by atoms with Gasteiger partial charge in [0.1, 0.15) is 0 Å². The van der Waals surface area contributed by atoms with Crippen LogP contribution in [0, 0.1) is 0 Å². The van der Waals surface area contributed by atoms with Crippen LogP contribution in [0.4, 0.5) is 8.78 Å². The van der Waals surface area contributed by atoms with Gasteiger partial charge in [0.2, 0.25) is 11.7 Å². The van der Waals surface area contributed by atoms with E-state index in [4.69, 9.17) is 27.7 Å². The van der Waals surface area contributed by atoms with Gasteiger partial charge in [0.15, 0.2) is 5.82 Å².